The molecule has 6 aliphatic rings. The van der Waals surface area contributed by atoms with E-state index in [0.29, 0.717) is 68.3 Å². The third-order valence-electron chi connectivity index (χ3n) is 14.4. The van der Waals surface area contributed by atoms with Crippen LogP contribution in [0.2, 0.25) is 5.02 Å². The number of nitrogens with zero attached hydrogens (tertiary/aromatic N) is 5. The molecule has 2 atom stereocenters. The third kappa shape index (κ3) is 9.45. The first-order valence-electron chi connectivity index (χ1n) is 23.5. The average molecular weight is 950 g/mol. The first-order valence-corrected chi connectivity index (χ1v) is 25.3. The van der Waals surface area contributed by atoms with E-state index in [9.17, 15) is 23.3 Å². The summed E-state index contributed by atoms with van der Waals surface area (Å²) in [5, 5.41) is 17.0. The number of nitro benzene ring substituents is 1. The second kappa shape index (κ2) is 18.4. The number of benzene rings is 3. The summed E-state index contributed by atoms with van der Waals surface area (Å²) < 4.78 is 41.9. The number of amides is 1. The number of aromatic nitrogens is 2. The van der Waals surface area contributed by atoms with Gasteiger partial charge in [0.2, 0.25) is 5.88 Å². The quantitative estimate of drug-likeness (QED) is 0.0800. The molecule has 3 aromatic carbocycles. The molecule has 352 valence electrons. The van der Waals surface area contributed by atoms with E-state index >= 15 is 0 Å². The van der Waals surface area contributed by atoms with Crippen molar-refractivity contribution < 1.29 is 27.6 Å². The van der Waals surface area contributed by atoms with E-state index in [2.05, 4.69) is 50.8 Å². The maximum atomic E-state index is 14.5. The number of piperazine rings is 1. The topological polar surface area (TPSA) is 175 Å². The lowest BCUT2D eigenvalue weighted by Gasteiger charge is -2.53. The highest BCUT2D eigenvalue weighted by Crippen LogP contribution is 2.46. The molecular formula is C50H57ClN8O7S. The zero-order valence-electron chi connectivity index (χ0n) is 37.9. The van der Waals surface area contributed by atoms with Crippen LogP contribution in [0.1, 0.15) is 81.1 Å². The lowest BCUT2D eigenvalue weighted by molar-refractivity contribution is -0.384. The maximum Gasteiger partial charge on any atom is 0.293 e. The number of nitrogens with one attached hydrogen (secondary N) is 3. The van der Waals surface area contributed by atoms with Crippen molar-refractivity contribution >= 4 is 72.6 Å². The standard InChI is InChI=1S/C50H57ClN8O7S/c1-50(2)18-14-35(42(27-50)33-4-6-36(51)7-5-33)29-56-30-39-9-8-38(56)31-58(39)37-10-12-41(44(25-37)57-20-3-21-66-49-46(57)24-34-15-19-52-47(34)54-49)48(60)55-67(63,64)40-11-13-43(45(26-40)59(61)62)53-28-32-16-22-65-23-17-32/h4-7,10-13,15,19,24-26,32,38-39,53H,3,8-9,14,16-18,20-23,27-31H2,1-2H3,(H,52,54)(H,55,60). The van der Waals surface area contributed by atoms with Crippen molar-refractivity contribution in [2.45, 2.75) is 82.2 Å². The van der Waals surface area contributed by atoms with Crippen molar-refractivity contribution in [3.8, 4) is 5.88 Å². The van der Waals surface area contributed by atoms with Crippen LogP contribution in [-0.2, 0) is 14.8 Å². The molecule has 17 heteroatoms. The Balaban J connectivity index is 0.950. The summed E-state index contributed by atoms with van der Waals surface area (Å²) in [5.74, 6) is -0.184. The number of hydrogen-bond donors (Lipinski definition) is 3. The molecule has 1 aliphatic carbocycles. The van der Waals surface area contributed by atoms with E-state index in [4.69, 9.17) is 26.1 Å². The predicted octanol–water partition coefficient (Wildman–Crippen LogP) is 9.32. The highest BCUT2D eigenvalue weighted by Gasteiger charge is 2.41. The highest BCUT2D eigenvalue weighted by molar-refractivity contribution is 7.90. The van der Waals surface area contributed by atoms with Gasteiger partial charge in [-0.1, -0.05) is 43.2 Å². The van der Waals surface area contributed by atoms with Crippen LogP contribution in [-0.4, -0.2) is 98.7 Å². The second-order valence-corrected chi connectivity index (χ2v) is 21.6. The fraction of sp³-hybridized carbons (Fsp3) is 0.440. The van der Waals surface area contributed by atoms with Gasteiger partial charge in [0.15, 0.2) is 0 Å². The van der Waals surface area contributed by atoms with Gasteiger partial charge in [0, 0.05) is 86.4 Å². The molecule has 2 aromatic heterocycles. The summed E-state index contributed by atoms with van der Waals surface area (Å²) in [4.78, 5) is 40.8. The Bertz CT molecular complexity index is 2840. The number of aromatic amines is 1. The van der Waals surface area contributed by atoms with Gasteiger partial charge in [-0.05, 0) is 128 Å². The van der Waals surface area contributed by atoms with Crippen LogP contribution in [0, 0.1) is 21.4 Å². The van der Waals surface area contributed by atoms with Gasteiger partial charge in [-0.2, -0.15) is 4.98 Å². The summed E-state index contributed by atoms with van der Waals surface area (Å²) in [6, 6.07) is 22.0. The van der Waals surface area contributed by atoms with Gasteiger partial charge >= 0.3 is 0 Å². The van der Waals surface area contributed by atoms with E-state index in [0.717, 1.165) is 86.7 Å². The smallest absolute Gasteiger partial charge is 0.293 e. The molecule has 67 heavy (non-hydrogen) atoms. The number of fused-ring (bicyclic) bond motifs is 5. The minimum Gasteiger partial charge on any atom is -0.476 e. The number of sulfonamides is 1. The fourth-order valence-corrected chi connectivity index (χ4v) is 11.8. The Kier molecular flexibility index (Phi) is 12.4. The Morgan fingerprint density at radius 3 is 2.55 bits per heavy atom. The zero-order chi connectivity index (χ0) is 46.5. The number of hydrogen-bond acceptors (Lipinski definition) is 12. The van der Waals surface area contributed by atoms with Crippen molar-refractivity contribution in [3.63, 3.8) is 0 Å². The molecule has 5 aromatic rings. The van der Waals surface area contributed by atoms with Crippen LogP contribution in [0.5, 0.6) is 5.88 Å². The second-order valence-electron chi connectivity index (χ2n) is 19.5. The SMILES string of the molecule is CC1(C)CCC(CN2CC3CCC2CN3c2ccc(C(=O)NS(=O)(=O)c3ccc(NCC4CCOCC4)c([N+](=O)[O-])c3)c(N3CCCOc4nc5[nH]ccc5cc43)c2)=C(c2ccc(Cl)cc2)C1. The monoisotopic (exact) mass is 948 g/mol. The molecule has 7 heterocycles. The number of ether oxygens (including phenoxy) is 2. The molecule has 15 nitrogen and oxygen atoms in total. The minimum absolute atomic E-state index is 0.129. The number of rotatable bonds is 12. The molecule has 11 rings (SSSR count). The van der Waals surface area contributed by atoms with Crippen LogP contribution in [0.3, 0.4) is 0 Å². The van der Waals surface area contributed by atoms with Crippen molar-refractivity contribution in [1.82, 2.24) is 19.6 Å². The van der Waals surface area contributed by atoms with Gasteiger partial charge < -0.3 is 29.6 Å². The third-order valence-corrected chi connectivity index (χ3v) is 16.0. The van der Waals surface area contributed by atoms with Gasteiger partial charge in [0.25, 0.3) is 21.6 Å². The van der Waals surface area contributed by atoms with E-state index in [1.165, 1.54) is 28.8 Å². The molecule has 4 saturated heterocycles. The average Bonchev–Trinajstić information content (AvgIpc) is 3.69. The van der Waals surface area contributed by atoms with Crippen molar-refractivity contribution in [2.75, 3.05) is 67.7 Å². The van der Waals surface area contributed by atoms with Crippen molar-refractivity contribution in [3.05, 3.63) is 111 Å². The van der Waals surface area contributed by atoms with Gasteiger partial charge in [-0.15, -0.1) is 0 Å². The number of halogens is 1. The molecule has 0 radical (unpaired) electrons. The molecule has 4 fully saturated rings. The van der Waals surface area contributed by atoms with Crippen LogP contribution in [0.25, 0.3) is 16.6 Å². The molecule has 3 N–H and O–H groups in total. The molecule has 1 amide bonds. The first-order chi connectivity index (χ1) is 32.3. The van der Waals surface area contributed by atoms with Gasteiger partial charge in [-0.3, -0.25) is 19.8 Å². The molecule has 0 spiro atoms. The first kappa shape index (κ1) is 45.1. The lowest BCUT2D eigenvalue weighted by Crippen LogP contribution is -2.63. The normalized spacial score (nSPS) is 21.2. The molecule has 5 aliphatic heterocycles. The number of anilines is 4. The van der Waals surface area contributed by atoms with Crippen LogP contribution in [0.4, 0.5) is 28.4 Å². The summed E-state index contributed by atoms with van der Waals surface area (Å²) in [7, 11) is -4.57. The number of allylic oxidation sites excluding steroid dienone is 1. The summed E-state index contributed by atoms with van der Waals surface area (Å²) in [6.07, 6.45) is 9.42. The maximum absolute atomic E-state index is 14.5. The Morgan fingerprint density at radius 1 is 0.970 bits per heavy atom. The largest absolute Gasteiger partial charge is 0.476 e. The Morgan fingerprint density at radius 2 is 1.78 bits per heavy atom. The number of pyridine rings is 1. The minimum atomic E-state index is -4.57. The van der Waals surface area contributed by atoms with E-state index in [1.807, 2.05) is 47.5 Å². The number of carbonyl (C=O) groups is 1. The molecule has 2 unspecified atom stereocenters. The summed E-state index contributed by atoms with van der Waals surface area (Å²) in [5.41, 5.74) is 7.13. The van der Waals surface area contributed by atoms with E-state index < -0.39 is 31.4 Å². The highest BCUT2D eigenvalue weighted by atomic mass is 35.5. The van der Waals surface area contributed by atoms with Gasteiger partial charge in [-0.25, -0.2) is 13.1 Å². The summed E-state index contributed by atoms with van der Waals surface area (Å²) in [6.45, 7) is 9.96. The van der Waals surface area contributed by atoms with Gasteiger partial charge in [0.05, 0.1) is 27.7 Å². The van der Waals surface area contributed by atoms with Crippen molar-refractivity contribution in [1.29, 1.82) is 0 Å². The van der Waals surface area contributed by atoms with Crippen molar-refractivity contribution in [2.24, 2.45) is 11.3 Å². The van der Waals surface area contributed by atoms with Crippen LogP contribution < -0.4 is 24.6 Å². The molecule has 0 saturated carbocycles. The van der Waals surface area contributed by atoms with Gasteiger partial charge in [0.1, 0.15) is 17.0 Å². The molecule has 2 bridgehead atoms. The number of carbonyl (C=O) groups excluding carboxylic acids is 1. The van der Waals surface area contributed by atoms with E-state index in [1.54, 1.807) is 6.07 Å². The number of H-pyrrole nitrogens is 1. The van der Waals surface area contributed by atoms with Crippen LogP contribution in [0.15, 0.2) is 89.5 Å². The lowest BCUT2D eigenvalue weighted by atomic mass is 9.72. The fourth-order valence-electron chi connectivity index (χ4n) is 10.7. The van der Waals surface area contributed by atoms with E-state index in [-0.39, 0.29) is 28.6 Å². The zero-order valence-corrected chi connectivity index (χ0v) is 39.5. The Labute approximate surface area is 396 Å². The number of piperidine rings is 2. The molecular weight excluding hydrogens is 892 g/mol. The van der Waals surface area contributed by atoms with Crippen LogP contribution >= 0.6 is 11.6 Å². The summed E-state index contributed by atoms with van der Waals surface area (Å²) >= 11 is 6.31. The number of nitro groups is 1. The Hall–Kier alpha value is -5.68. The predicted molar refractivity (Wildman–Crippen MR) is 261 cm³/mol.